The highest BCUT2D eigenvalue weighted by Crippen LogP contribution is 2.21. The molecule has 0 saturated carbocycles. The van der Waals surface area contributed by atoms with Gasteiger partial charge in [-0.2, -0.15) is 0 Å². The first-order valence-electron chi connectivity index (χ1n) is 10.7. The average Bonchev–Trinajstić information content (AvgIpc) is 2.91. The molecule has 3 rings (SSSR count). The normalized spacial score (nSPS) is 18.9. The Morgan fingerprint density at radius 1 is 1.07 bits per heavy atom. The summed E-state index contributed by atoms with van der Waals surface area (Å²) in [4.78, 5) is 27.6. The van der Waals surface area contributed by atoms with Crippen LogP contribution in [0.4, 0.5) is 0 Å². The van der Waals surface area contributed by atoms with E-state index in [1.54, 1.807) is 0 Å². The van der Waals surface area contributed by atoms with E-state index in [2.05, 4.69) is 27.7 Å². The molecule has 0 spiro atoms. The zero-order valence-corrected chi connectivity index (χ0v) is 16.8. The maximum Gasteiger partial charge on any atom is 0.242 e. The Morgan fingerprint density at radius 3 is 2.32 bits per heavy atom. The molecular weight excluding hydrogens is 352 g/mol. The third kappa shape index (κ3) is 6.04. The van der Waals surface area contributed by atoms with Crippen LogP contribution in [0.15, 0.2) is 24.3 Å². The quantitative estimate of drug-likeness (QED) is 0.630. The van der Waals surface area contributed by atoms with Crippen LogP contribution in [-0.2, 0) is 22.4 Å². The second-order valence-electron chi connectivity index (χ2n) is 8.12. The van der Waals surface area contributed by atoms with Gasteiger partial charge in [-0.05, 0) is 69.3 Å². The van der Waals surface area contributed by atoms with Crippen molar-refractivity contribution >= 4 is 11.8 Å². The predicted molar refractivity (Wildman–Crippen MR) is 111 cm³/mol. The van der Waals surface area contributed by atoms with Crippen molar-refractivity contribution < 1.29 is 9.59 Å². The molecule has 1 fully saturated rings. The fraction of sp³-hybridized carbons (Fsp3) is 0.636. The molecular formula is C22H34N4O2. The number of likely N-dealkylation sites (tertiary alicyclic amines) is 1. The van der Waals surface area contributed by atoms with Gasteiger partial charge in [-0.25, -0.2) is 0 Å². The first-order chi connectivity index (χ1) is 13.7. The highest BCUT2D eigenvalue weighted by Gasteiger charge is 2.27. The molecule has 2 amide bonds. The molecule has 2 aliphatic rings. The standard InChI is InChI=1S/C22H34N4O2/c23-11-7-10-20(25-21(27)16-26-12-5-1-2-6-13-26)22(28)24-19-14-17-8-3-4-9-18(17)15-19/h3-4,8-9,19-20H,1-2,5-7,10-16,23H2,(H,24,28)(H,25,27)/t20-/m1/s1. The molecule has 1 aromatic carbocycles. The van der Waals surface area contributed by atoms with E-state index in [1.165, 1.54) is 24.0 Å². The topological polar surface area (TPSA) is 87.5 Å². The Bertz CT molecular complexity index is 631. The number of rotatable bonds is 8. The van der Waals surface area contributed by atoms with Gasteiger partial charge in [0.1, 0.15) is 6.04 Å². The summed E-state index contributed by atoms with van der Waals surface area (Å²) in [6.45, 7) is 2.82. The lowest BCUT2D eigenvalue weighted by atomic mass is 10.1. The zero-order chi connectivity index (χ0) is 19.8. The fourth-order valence-electron chi connectivity index (χ4n) is 4.29. The van der Waals surface area contributed by atoms with Gasteiger partial charge in [-0.15, -0.1) is 0 Å². The Hall–Kier alpha value is -1.92. The van der Waals surface area contributed by atoms with Crippen molar-refractivity contribution in [3.63, 3.8) is 0 Å². The molecule has 0 unspecified atom stereocenters. The predicted octanol–water partition coefficient (Wildman–Crippen LogP) is 1.37. The molecule has 0 radical (unpaired) electrons. The number of benzene rings is 1. The number of nitrogens with one attached hydrogen (secondary N) is 2. The molecule has 1 aliphatic carbocycles. The summed E-state index contributed by atoms with van der Waals surface area (Å²) in [6.07, 6.45) is 7.77. The van der Waals surface area contributed by atoms with Crippen molar-refractivity contribution in [2.75, 3.05) is 26.2 Å². The molecule has 1 atom stereocenters. The van der Waals surface area contributed by atoms with E-state index in [9.17, 15) is 9.59 Å². The van der Waals surface area contributed by atoms with Gasteiger partial charge in [-0.3, -0.25) is 14.5 Å². The second kappa shape index (κ2) is 10.6. The lowest BCUT2D eigenvalue weighted by Gasteiger charge is -2.23. The maximum atomic E-state index is 12.9. The fourth-order valence-corrected chi connectivity index (χ4v) is 4.29. The molecule has 4 N–H and O–H groups in total. The largest absolute Gasteiger partial charge is 0.351 e. The van der Waals surface area contributed by atoms with Gasteiger partial charge in [0.05, 0.1) is 6.54 Å². The van der Waals surface area contributed by atoms with Gasteiger partial charge >= 0.3 is 0 Å². The van der Waals surface area contributed by atoms with Crippen molar-refractivity contribution in [1.82, 2.24) is 15.5 Å². The van der Waals surface area contributed by atoms with E-state index in [0.29, 0.717) is 25.9 Å². The molecule has 1 aliphatic heterocycles. The molecule has 0 aromatic heterocycles. The van der Waals surface area contributed by atoms with Gasteiger partial charge in [-0.1, -0.05) is 37.1 Å². The maximum absolute atomic E-state index is 12.9. The molecule has 6 heteroatoms. The summed E-state index contributed by atoms with van der Waals surface area (Å²) in [5.41, 5.74) is 8.25. The van der Waals surface area contributed by atoms with E-state index >= 15 is 0 Å². The van der Waals surface area contributed by atoms with Gasteiger partial charge in [0, 0.05) is 6.04 Å². The zero-order valence-electron chi connectivity index (χ0n) is 16.8. The second-order valence-corrected chi connectivity index (χ2v) is 8.12. The van der Waals surface area contributed by atoms with Crippen molar-refractivity contribution in [2.24, 2.45) is 5.73 Å². The number of amides is 2. The smallest absolute Gasteiger partial charge is 0.242 e. The summed E-state index contributed by atoms with van der Waals surface area (Å²) in [7, 11) is 0. The average molecular weight is 387 g/mol. The SMILES string of the molecule is NCCC[C@@H](NC(=O)CN1CCCCCC1)C(=O)NC1Cc2ccccc2C1. The highest BCUT2D eigenvalue weighted by molar-refractivity contribution is 5.88. The Kier molecular flexibility index (Phi) is 7.86. The lowest BCUT2D eigenvalue weighted by Crippen LogP contribution is -2.52. The number of fused-ring (bicyclic) bond motifs is 1. The molecule has 1 heterocycles. The highest BCUT2D eigenvalue weighted by atomic mass is 16.2. The minimum Gasteiger partial charge on any atom is -0.351 e. The number of carbonyl (C=O) groups excluding carboxylic acids is 2. The summed E-state index contributed by atoms with van der Waals surface area (Å²) in [6, 6.07) is 7.92. The first kappa shape index (κ1) is 20.8. The Labute approximate surface area is 168 Å². The van der Waals surface area contributed by atoms with E-state index < -0.39 is 6.04 Å². The Morgan fingerprint density at radius 2 is 1.71 bits per heavy atom. The van der Waals surface area contributed by atoms with Gasteiger partial charge in [0.2, 0.25) is 11.8 Å². The van der Waals surface area contributed by atoms with Crippen LogP contribution in [0.25, 0.3) is 0 Å². The van der Waals surface area contributed by atoms with Crippen LogP contribution < -0.4 is 16.4 Å². The number of nitrogens with two attached hydrogens (primary N) is 1. The van der Waals surface area contributed by atoms with Gasteiger partial charge < -0.3 is 16.4 Å². The number of carbonyl (C=O) groups is 2. The van der Waals surface area contributed by atoms with Crippen LogP contribution in [0.3, 0.4) is 0 Å². The van der Waals surface area contributed by atoms with Crippen LogP contribution in [0.1, 0.15) is 49.7 Å². The molecule has 6 nitrogen and oxygen atoms in total. The molecule has 1 aromatic rings. The van der Waals surface area contributed by atoms with Crippen LogP contribution in [-0.4, -0.2) is 55.0 Å². The third-order valence-electron chi connectivity index (χ3n) is 5.81. The minimum atomic E-state index is -0.508. The van der Waals surface area contributed by atoms with Crippen molar-refractivity contribution in [3.05, 3.63) is 35.4 Å². The van der Waals surface area contributed by atoms with Gasteiger partial charge in [0.25, 0.3) is 0 Å². The summed E-state index contributed by atoms with van der Waals surface area (Å²) >= 11 is 0. The van der Waals surface area contributed by atoms with Crippen molar-refractivity contribution in [3.8, 4) is 0 Å². The molecule has 28 heavy (non-hydrogen) atoms. The van der Waals surface area contributed by atoms with Crippen molar-refractivity contribution in [1.29, 1.82) is 0 Å². The first-order valence-corrected chi connectivity index (χ1v) is 10.7. The molecule has 0 bridgehead atoms. The van der Waals surface area contributed by atoms with E-state index in [-0.39, 0.29) is 17.9 Å². The van der Waals surface area contributed by atoms with E-state index in [4.69, 9.17) is 5.73 Å². The molecule has 1 saturated heterocycles. The minimum absolute atomic E-state index is 0.0613. The van der Waals surface area contributed by atoms with Crippen LogP contribution >= 0.6 is 0 Å². The third-order valence-corrected chi connectivity index (χ3v) is 5.81. The Balaban J connectivity index is 1.52. The number of hydrogen-bond donors (Lipinski definition) is 3. The number of nitrogens with zero attached hydrogens (tertiary/aromatic N) is 1. The summed E-state index contributed by atoms with van der Waals surface area (Å²) in [5, 5.41) is 6.11. The van der Waals surface area contributed by atoms with E-state index in [0.717, 1.165) is 38.8 Å². The van der Waals surface area contributed by atoms with Gasteiger partial charge in [0.15, 0.2) is 0 Å². The monoisotopic (exact) mass is 386 g/mol. The summed E-state index contributed by atoms with van der Waals surface area (Å²) < 4.78 is 0. The lowest BCUT2D eigenvalue weighted by molar-refractivity contribution is -0.130. The summed E-state index contributed by atoms with van der Waals surface area (Å²) in [5.74, 6) is -0.149. The van der Waals surface area contributed by atoms with Crippen LogP contribution in [0.5, 0.6) is 0 Å². The molecule has 154 valence electrons. The van der Waals surface area contributed by atoms with Crippen molar-refractivity contribution in [2.45, 2.75) is 63.5 Å². The van der Waals surface area contributed by atoms with Crippen LogP contribution in [0.2, 0.25) is 0 Å². The van der Waals surface area contributed by atoms with E-state index in [1.807, 2.05) is 12.1 Å². The van der Waals surface area contributed by atoms with Crippen LogP contribution in [0, 0.1) is 0 Å². The number of hydrogen-bond acceptors (Lipinski definition) is 4.